The number of aryl methyl sites for hydroxylation is 1. The second kappa shape index (κ2) is 11.5. The third-order valence-corrected chi connectivity index (χ3v) is 6.09. The van der Waals surface area contributed by atoms with E-state index in [1.165, 1.54) is 0 Å². The third kappa shape index (κ3) is 6.07. The lowest BCUT2D eigenvalue weighted by Gasteiger charge is -2.32. The van der Waals surface area contributed by atoms with Crippen molar-refractivity contribution in [2.75, 3.05) is 31.6 Å². The van der Waals surface area contributed by atoms with Crippen LogP contribution >= 0.6 is 0 Å². The molecule has 0 aliphatic carbocycles. The first-order valence-corrected chi connectivity index (χ1v) is 12.0. The van der Waals surface area contributed by atoms with Crippen LogP contribution < -0.4 is 10.6 Å². The van der Waals surface area contributed by atoms with Crippen LogP contribution in [0.3, 0.4) is 0 Å². The molecule has 1 fully saturated rings. The summed E-state index contributed by atoms with van der Waals surface area (Å²) in [5.41, 5.74) is 3.74. The zero-order chi connectivity index (χ0) is 25.5. The molecule has 0 spiro atoms. The SMILES string of the molecule is CCOC(=O)CNC(=O)N1CCC(c2nc(C)ccc2C(=O)Nc2ccc(-n3ccnc3)cc2)CC1. The first-order chi connectivity index (χ1) is 17.4. The smallest absolute Gasteiger partial charge is 0.325 e. The summed E-state index contributed by atoms with van der Waals surface area (Å²) in [6.07, 6.45) is 6.62. The monoisotopic (exact) mass is 490 g/mol. The number of aromatic nitrogens is 3. The predicted molar refractivity (Wildman–Crippen MR) is 134 cm³/mol. The Morgan fingerprint density at radius 2 is 1.83 bits per heavy atom. The minimum Gasteiger partial charge on any atom is -0.465 e. The molecule has 3 amide bonds. The van der Waals surface area contributed by atoms with Gasteiger partial charge in [-0.15, -0.1) is 0 Å². The predicted octanol–water partition coefficient (Wildman–Crippen LogP) is 3.28. The lowest BCUT2D eigenvalue weighted by Crippen LogP contribution is -2.45. The summed E-state index contributed by atoms with van der Waals surface area (Å²) >= 11 is 0. The van der Waals surface area contributed by atoms with Crippen LogP contribution in [0.5, 0.6) is 0 Å². The Hall–Kier alpha value is -4.21. The molecule has 0 atom stereocenters. The summed E-state index contributed by atoms with van der Waals surface area (Å²) in [6, 6.07) is 10.9. The van der Waals surface area contributed by atoms with Crippen LogP contribution in [0.25, 0.3) is 5.69 Å². The standard InChI is InChI=1S/C26H30N6O4/c1-3-36-23(33)16-28-26(35)31-13-10-19(11-14-31)24-22(9-4-18(2)29-24)25(34)30-20-5-7-21(8-6-20)32-15-12-27-17-32/h4-9,12,15,17,19H,3,10-11,13-14,16H2,1-2H3,(H,28,35)(H,30,34). The second-order valence-electron chi connectivity index (χ2n) is 8.58. The molecule has 3 heterocycles. The van der Waals surface area contributed by atoms with E-state index in [4.69, 9.17) is 9.72 Å². The number of piperidine rings is 1. The number of hydrogen-bond acceptors (Lipinski definition) is 6. The second-order valence-corrected chi connectivity index (χ2v) is 8.58. The number of rotatable bonds is 7. The number of hydrogen-bond donors (Lipinski definition) is 2. The Morgan fingerprint density at radius 1 is 1.08 bits per heavy atom. The van der Waals surface area contributed by atoms with Gasteiger partial charge in [0.15, 0.2) is 0 Å². The van der Waals surface area contributed by atoms with Crippen molar-refractivity contribution >= 4 is 23.6 Å². The van der Waals surface area contributed by atoms with Crippen molar-refractivity contribution < 1.29 is 19.1 Å². The van der Waals surface area contributed by atoms with Crippen molar-refractivity contribution in [3.8, 4) is 5.69 Å². The number of benzene rings is 1. The molecule has 2 aromatic heterocycles. The van der Waals surface area contributed by atoms with Crippen molar-refractivity contribution in [2.45, 2.75) is 32.6 Å². The van der Waals surface area contributed by atoms with Gasteiger partial charge in [0.25, 0.3) is 5.91 Å². The van der Waals surface area contributed by atoms with Gasteiger partial charge in [-0.25, -0.2) is 9.78 Å². The van der Waals surface area contributed by atoms with Gasteiger partial charge in [0.2, 0.25) is 0 Å². The number of imidazole rings is 1. The van der Waals surface area contributed by atoms with E-state index < -0.39 is 5.97 Å². The molecule has 0 saturated carbocycles. The third-order valence-electron chi connectivity index (χ3n) is 6.09. The largest absolute Gasteiger partial charge is 0.465 e. The Morgan fingerprint density at radius 3 is 2.50 bits per heavy atom. The van der Waals surface area contributed by atoms with E-state index in [0.29, 0.717) is 37.2 Å². The lowest BCUT2D eigenvalue weighted by atomic mass is 9.90. The van der Waals surface area contributed by atoms with Crippen molar-refractivity contribution in [3.63, 3.8) is 0 Å². The van der Waals surface area contributed by atoms with Crippen LogP contribution in [-0.4, -0.2) is 63.6 Å². The number of likely N-dealkylation sites (tertiary alicyclic amines) is 1. The van der Waals surface area contributed by atoms with Gasteiger partial charge < -0.3 is 24.8 Å². The summed E-state index contributed by atoms with van der Waals surface area (Å²) < 4.78 is 6.73. The number of nitrogens with zero attached hydrogens (tertiary/aromatic N) is 4. The molecule has 0 bridgehead atoms. The molecule has 0 unspecified atom stereocenters. The van der Waals surface area contributed by atoms with Crippen molar-refractivity contribution in [2.24, 2.45) is 0 Å². The van der Waals surface area contributed by atoms with Gasteiger partial charge in [0.05, 0.1) is 24.2 Å². The van der Waals surface area contributed by atoms with E-state index in [2.05, 4.69) is 15.6 Å². The molecule has 3 aromatic rings. The van der Waals surface area contributed by atoms with Crippen molar-refractivity contribution in [1.82, 2.24) is 24.8 Å². The van der Waals surface area contributed by atoms with Gasteiger partial charge in [0.1, 0.15) is 6.54 Å². The Kier molecular flexibility index (Phi) is 7.94. The van der Waals surface area contributed by atoms with E-state index in [1.54, 1.807) is 24.3 Å². The molecule has 0 radical (unpaired) electrons. The Balaban J connectivity index is 1.39. The number of urea groups is 1. The number of amides is 3. The Labute approximate surface area is 209 Å². The lowest BCUT2D eigenvalue weighted by molar-refractivity contribution is -0.141. The number of esters is 1. The molecule has 36 heavy (non-hydrogen) atoms. The molecule has 1 aliphatic heterocycles. The molecule has 188 valence electrons. The molecule has 10 nitrogen and oxygen atoms in total. The molecule has 1 aliphatic rings. The maximum Gasteiger partial charge on any atom is 0.325 e. The number of nitrogens with one attached hydrogen (secondary N) is 2. The zero-order valence-corrected chi connectivity index (χ0v) is 20.4. The highest BCUT2D eigenvalue weighted by molar-refractivity contribution is 6.05. The highest BCUT2D eigenvalue weighted by atomic mass is 16.5. The van der Waals surface area contributed by atoms with Gasteiger partial charge in [-0.05, 0) is 63.1 Å². The van der Waals surface area contributed by atoms with Gasteiger partial charge in [-0.2, -0.15) is 0 Å². The van der Waals surface area contributed by atoms with Crippen LogP contribution in [0.1, 0.15) is 47.4 Å². The average molecular weight is 491 g/mol. The number of carbonyl (C=O) groups is 3. The molecule has 1 saturated heterocycles. The summed E-state index contributed by atoms with van der Waals surface area (Å²) in [6.45, 7) is 4.75. The number of anilines is 1. The van der Waals surface area contributed by atoms with Crippen LogP contribution in [-0.2, 0) is 9.53 Å². The summed E-state index contributed by atoms with van der Waals surface area (Å²) in [5.74, 6) is -0.636. The first-order valence-electron chi connectivity index (χ1n) is 12.0. The van der Waals surface area contributed by atoms with Gasteiger partial charge in [0, 0.05) is 48.5 Å². The zero-order valence-electron chi connectivity index (χ0n) is 20.4. The molecule has 2 N–H and O–H groups in total. The van der Waals surface area contributed by atoms with Crippen LogP contribution in [0.2, 0.25) is 0 Å². The number of ether oxygens (including phenoxy) is 1. The van der Waals surface area contributed by atoms with Crippen molar-refractivity contribution in [3.05, 3.63) is 72.1 Å². The maximum absolute atomic E-state index is 13.2. The quantitative estimate of drug-likeness (QED) is 0.491. The summed E-state index contributed by atoms with van der Waals surface area (Å²) in [5, 5.41) is 5.57. The van der Waals surface area contributed by atoms with E-state index in [-0.39, 0.29) is 31.0 Å². The normalized spacial score (nSPS) is 13.8. The molecular weight excluding hydrogens is 460 g/mol. The topological polar surface area (TPSA) is 118 Å². The van der Waals surface area contributed by atoms with E-state index in [0.717, 1.165) is 17.1 Å². The highest BCUT2D eigenvalue weighted by Crippen LogP contribution is 2.30. The maximum atomic E-state index is 13.2. The van der Waals surface area contributed by atoms with Crippen LogP contribution in [0.4, 0.5) is 10.5 Å². The minimum absolute atomic E-state index is 0.0448. The summed E-state index contributed by atoms with van der Waals surface area (Å²) in [4.78, 5) is 47.5. The van der Waals surface area contributed by atoms with E-state index >= 15 is 0 Å². The summed E-state index contributed by atoms with van der Waals surface area (Å²) in [7, 11) is 0. The van der Waals surface area contributed by atoms with Crippen molar-refractivity contribution in [1.29, 1.82) is 0 Å². The van der Waals surface area contributed by atoms with Crippen LogP contribution in [0, 0.1) is 6.92 Å². The van der Waals surface area contributed by atoms with E-state index in [1.807, 2.05) is 54.1 Å². The fourth-order valence-corrected chi connectivity index (χ4v) is 4.23. The van der Waals surface area contributed by atoms with E-state index in [9.17, 15) is 14.4 Å². The molecule has 4 rings (SSSR count). The van der Waals surface area contributed by atoms with Gasteiger partial charge in [-0.3, -0.25) is 14.6 Å². The average Bonchev–Trinajstić information content (AvgIpc) is 3.43. The van der Waals surface area contributed by atoms with Gasteiger partial charge >= 0.3 is 12.0 Å². The highest BCUT2D eigenvalue weighted by Gasteiger charge is 2.28. The fourth-order valence-electron chi connectivity index (χ4n) is 4.23. The first kappa shape index (κ1) is 24.9. The molecular formula is C26H30N6O4. The fraction of sp³-hybridized carbons (Fsp3) is 0.346. The van der Waals surface area contributed by atoms with Crippen LogP contribution in [0.15, 0.2) is 55.1 Å². The molecule has 10 heteroatoms. The number of pyridine rings is 1. The number of carbonyl (C=O) groups excluding carboxylic acids is 3. The Bertz CT molecular complexity index is 1200. The molecule has 1 aromatic carbocycles. The minimum atomic E-state index is -0.461. The van der Waals surface area contributed by atoms with Gasteiger partial charge in [-0.1, -0.05) is 0 Å².